The molecule has 4 rings (SSSR count). The Morgan fingerprint density at radius 2 is 1.85 bits per heavy atom. The number of amides is 1. The zero-order chi connectivity index (χ0) is 23.4. The third-order valence-electron chi connectivity index (χ3n) is 5.24. The fourth-order valence-electron chi connectivity index (χ4n) is 3.63. The van der Waals surface area contributed by atoms with Crippen molar-refractivity contribution in [1.82, 2.24) is 20.2 Å². The maximum absolute atomic E-state index is 13.3. The number of hydrogen-bond acceptors (Lipinski definition) is 5. The van der Waals surface area contributed by atoms with Crippen LogP contribution in [0.25, 0.3) is 16.9 Å². The van der Waals surface area contributed by atoms with Gasteiger partial charge in [-0.05, 0) is 37.1 Å². The van der Waals surface area contributed by atoms with E-state index in [1.165, 1.54) is 0 Å². The van der Waals surface area contributed by atoms with Crippen LogP contribution < -0.4 is 10.2 Å². The molecule has 1 amide bonds. The quantitative estimate of drug-likeness (QED) is 0.459. The van der Waals surface area contributed by atoms with Crippen LogP contribution in [0.4, 0.5) is 0 Å². The topological polar surface area (TPSA) is 82.4 Å². The van der Waals surface area contributed by atoms with Gasteiger partial charge < -0.3 is 9.29 Å². The van der Waals surface area contributed by atoms with Gasteiger partial charge in [0.1, 0.15) is 18.1 Å². The maximum atomic E-state index is 13.3. The highest BCUT2D eigenvalue weighted by atomic mass is 35.5. The monoisotopic (exact) mass is 506 g/mol. The first-order chi connectivity index (χ1) is 15.9. The second-order valence-corrected chi connectivity index (χ2v) is 10.1. The molecular weight excluding hydrogens is 483 g/mol. The zero-order valence-corrected chi connectivity index (χ0v) is 20.4. The molecule has 2 aromatic carbocycles. The molecule has 0 aliphatic carbocycles. The van der Waals surface area contributed by atoms with Crippen molar-refractivity contribution in [2.45, 2.75) is 12.8 Å². The molecule has 1 aromatic heterocycles. The number of nitrogens with one attached hydrogen (secondary N) is 1. The van der Waals surface area contributed by atoms with Crippen molar-refractivity contribution in [1.29, 1.82) is 0 Å². The lowest BCUT2D eigenvalue weighted by molar-refractivity contribution is 0.0816. The van der Waals surface area contributed by atoms with Crippen LogP contribution in [-0.4, -0.2) is 57.0 Å². The summed E-state index contributed by atoms with van der Waals surface area (Å²) in [6.07, 6.45) is 3.66. The van der Waals surface area contributed by atoms with Gasteiger partial charge >= 0.3 is 0 Å². The highest BCUT2D eigenvalue weighted by Crippen LogP contribution is 2.37. The maximum Gasteiger partial charge on any atom is 0.289 e. The van der Waals surface area contributed by atoms with Crippen LogP contribution in [0.3, 0.4) is 0 Å². The molecule has 0 radical (unpaired) electrons. The van der Waals surface area contributed by atoms with Crippen molar-refractivity contribution >= 4 is 40.3 Å². The van der Waals surface area contributed by atoms with E-state index < -0.39 is 11.2 Å². The molecule has 0 saturated carbocycles. The summed E-state index contributed by atoms with van der Waals surface area (Å²) in [5.41, 5.74) is 4.98. The van der Waals surface area contributed by atoms with Crippen LogP contribution in [0, 0.1) is 0 Å². The lowest BCUT2D eigenvalue weighted by Crippen LogP contribution is -2.40. The van der Waals surface area contributed by atoms with Crippen molar-refractivity contribution in [2.75, 3.05) is 31.7 Å². The summed E-state index contributed by atoms with van der Waals surface area (Å²) in [6.45, 7) is 1.74. The number of para-hydroxylation sites is 1. The number of nitrogens with zero attached hydrogens (tertiary/aromatic N) is 3. The number of rotatable bonds is 8. The summed E-state index contributed by atoms with van der Waals surface area (Å²) < 4.78 is 19.3. The first-order valence-electron chi connectivity index (χ1n) is 10.6. The lowest BCUT2D eigenvalue weighted by atomic mass is 10.1. The molecule has 1 saturated heterocycles. The van der Waals surface area contributed by atoms with E-state index in [0.29, 0.717) is 32.9 Å². The van der Waals surface area contributed by atoms with E-state index in [0.717, 1.165) is 31.5 Å². The van der Waals surface area contributed by atoms with Gasteiger partial charge in [0, 0.05) is 23.7 Å². The first kappa shape index (κ1) is 23.9. The van der Waals surface area contributed by atoms with Crippen molar-refractivity contribution < 1.29 is 14.1 Å². The van der Waals surface area contributed by atoms with Gasteiger partial charge in [0.05, 0.1) is 17.0 Å². The second-order valence-electron chi connectivity index (χ2n) is 7.66. The zero-order valence-electron chi connectivity index (χ0n) is 18.1. The molecule has 1 N–H and O–H groups in total. The summed E-state index contributed by atoms with van der Waals surface area (Å²) in [7, 11) is 0. The Kier molecular flexibility index (Phi) is 7.82. The average molecular weight is 507 g/mol. The van der Waals surface area contributed by atoms with Gasteiger partial charge in [0.25, 0.3) is 5.91 Å². The molecule has 1 atom stereocenters. The number of hydrogen-bond donors (Lipinski definition) is 1. The molecule has 10 heteroatoms. The Balaban J connectivity index is 1.85. The average Bonchev–Trinajstić information content (AvgIpc) is 3.42. The lowest BCUT2D eigenvalue weighted by Gasteiger charge is -2.16. The van der Waals surface area contributed by atoms with Crippen LogP contribution in [-0.2, 0) is 11.2 Å². The summed E-state index contributed by atoms with van der Waals surface area (Å²) in [5, 5.41) is 7.57. The molecule has 1 aliphatic heterocycles. The van der Waals surface area contributed by atoms with Gasteiger partial charge in [0.15, 0.2) is 11.4 Å². The van der Waals surface area contributed by atoms with E-state index in [-0.39, 0.29) is 18.2 Å². The molecule has 33 heavy (non-hydrogen) atoms. The molecule has 0 spiro atoms. The van der Waals surface area contributed by atoms with Gasteiger partial charge in [-0.15, -0.1) is 0 Å². The highest BCUT2D eigenvalue weighted by Gasteiger charge is 2.29. The molecule has 174 valence electrons. The number of aromatic nitrogens is 2. The first-order valence-corrected chi connectivity index (χ1v) is 13.0. The van der Waals surface area contributed by atoms with Gasteiger partial charge in [0.2, 0.25) is 0 Å². The fourth-order valence-corrected chi connectivity index (χ4v) is 4.29. The minimum Gasteiger partial charge on any atom is -0.616 e. The predicted octanol–water partition coefficient (Wildman–Crippen LogP) is 4.34. The van der Waals surface area contributed by atoms with E-state index in [4.69, 9.17) is 27.9 Å². The van der Waals surface area contributed by atoms with Crippen molar-refractivity contribution in [3.8, 4) is 22.7 Å². The van der Waals surface area contributed by atoms with Crippen molar-refractivity contribution in [3.05, 3.63) is 64.3 Å². The Morgan fingerprint density at radius 1 is 1.15 bits per heavy atom. The fraction of sp³-hybridized carbons (Fsp3) is 0.304. The second kappa shape index (κ2) is 10.8. The largest absolute Gasteiger partial charge is 0.616 e. The predicted molar refractivity (Wildman–Crippen MR) is 132 cm³/mol. The minimum absolute atomic E-state index is 0.133. The molecule has 2 heterocycles. The molecule has 1 unspecified atom stereocenters. The smallest absolute Gasteiger partial charge is 0.289 e. The van der Waals surface area contributed by atoms with E-state index in [2.05, 4.69) is 10.5 Å². The van der Waals surface area contributed by atoms with Gasteiger partial charge in [-0.2, -0.15) is 5.10 Å². The molecule has 3 aromatic rings. The van der Waals surface area contributed by atoms with Crippen LogP contribution >= 0.6 is 23.2 Å². The van der Waals surface area contributed by atoms with Crippen LogP contribution in [0.5, 0.6) is 5.75 Å². The summed E-state index contributed by atoms with van der Waals surface area (Å²) in [5.74, 6) is 0.259. The summed E-state index contributed by atoms with van der Waals surface area (Å²) >= 11 is 11.6. The summed E-state index contributed by atoms with van der Waals surface area (Å²) in [6, 6.07) is 14.4. The van der Waals surface area contributed by atoms with Crippen LogP contribution in [0.15, 0.2) is 48.5 Å². The van der Waals surface area contributed by atoms with E-state index in [9.17, 15) is 9.35 Å². The van der Waals surface area contributed by atoms with Gasteiger partial charge in [-0.3, -0.25) is 10.2 Å². The minimum atomic E-state index is -1.05. The number of halogens is 2. The Labute approximate surface area is 205 Å². The standard InChI is InChI=1S/C23H24Cl2N4O3S/c1-33(31)15-14-32-22-20(23(30)27-28-12-4-5-13-28)26-29(19-7-3-2-6-18(19)25)21(22)16-8-10-17(24)11-9-16/h2-3,6-11H,4-5,12-15H2,1H3,(H,27,30). The number of carbonyl (C=O) groups is 1. The normalized spacial score (nSPS) is 14.9. The molecule has 0 bridgehead atoms. The Morgan fingerprint density at radius 3 is 2.52 bits per heavy atom. The number of hydrazine groups is 1. The van der Waals surface area contributed by atoms with Crippen LogP contribution in [0.1, 0.15) is 23.3 Å². The molecule has 1 aliphatic rings. The molecular formula is C23H24Cl2N4O3S. The summed E-state index contributed by atoms with van der Waals surface area (Å²) in [4.78, 5) is 13.3. The van der Waals surface area contributed by atoms with Crippen molar-refractivity contribution in [3.63, 3.8) is 0 Å². The van der Waals surface area contributed by atoms with Crippen LogP contribution in [0.2, 0.25) is 10.0 Å². The number of ether oxygens (including phenoxy) is 1. The Hall–Kier alpha value is -2.23. The third kappa shape index (κ3) is 5.65. The molecule has 1 fully saturated rings. The molecule has 7 nitrogen and oxygen atoms in total. The van der Waals surface area contributed by atoms with Gasteiger partial charge in [-0.25, -0.2) is 9.69 Å². The number of benzene rings is 2. The highest BCUT2D eigenvalue weighted by molar-refractivity contribution is 7.90. The van der Waals surface area contributed by atoms with E-state index >= 15 is 0 Å². The van der Waals surface area contributed by atoms with Gasteiger partial charge in [-0.1, -0.05) is 58.6 Å². The van der Waals surface area contributed by atoms with Crippen molar-refractivity contribution in [2.24, 2.45) is 0 Å². The van der Waals surface area contributed by atoms with E-state index in [1.54, 1.807) is 29.1 Å². The van der Waals surface area contributed by atoms with E-state index in [1.807, 2.05) is 35.3 Å². The Bertz CT molecular complexity index is 1120. The number of carbonyl (C=O) groups excluding carboxylic acids is 1. The SMILES string of the molecule is C[S+]([O-])CCOc1c(C(=O)NN2CCCC2)nn(-c2ccccc2Cl)c1-c1ccc(Cl)cc1. The third-order valence-corrected chi connectivity index (χ3v) is 6.55.